The Hall–Kier alpha value is -5.24. The lowest BCUT2D eigenvalue weighted by Crippen LogP contribution is -1.91. The molecule has 1 heterocycles. The van der Waals surface area contributed by atoms with E-state index in [0.29, 0.717) is 0 Å². The first-order valence-corrected chi connectivity index (χ1v) is 15.9. The van der Waals surface area contributed by atoms with Crippen LogP contribution in [0.15, 0.2) is 152 Å². The van der Waals surface area contributed by atoms with Crippen LogP contribution in [0, 0.1) is 6.92 Å². The van der Waals surface area contributed by atoms with Crippen molar-refractivity contribution in [1.82, 2.24) is 0 Å². The first-order chi connectivity index (χ1) is 21.7. The summed E-state index contributed by atoms with van der Waals surface area (Å²) in [5.41, 5.74) is 9.70. The fourth-order valence-corrected chi connectivity index (χ4v) is 7.81. The Kier molecular flexibility index (Phi) is 6.47. The van der Waals surface area contributed by atoms with Crippen LogP contribution < -0.4 is 0 Å². The second kappa shape index (κ2) is 10.8. The molecule has 208 valence electrons. The molecule has 0 saturated carbocycles. The molecule has 1 aromatic heterocycles. The van der Waals surface area contributed by atoms with E-state index in [2.05, 4.69) is 165 Å². The summed E-state index contributed by atoms with van der Waals surface area (Å²) in [6.45, 7) is 6.51. The minimum absolute atomic E-state index is 1.00. The average molecular weight is 579 g/mol. The van der Waals surface area contributed by atoms with E-state index in [4.69, 9.17) is 0 Å². The van der Waals surface area contributed by atoms with Gasteiger partial charge in [0.2, 0.25) is 0 Å². The van der Waals surface area contributed by atoms with E-state index in [1.165, 1.54) is 75.1 Å². The quantitative estimate of drug-likeness (QED) is 0.141. The van der Waals surface area contributed by atoms with Gasteiger partial charge in [-0.1, -0.05) is 152 Å². The Balaban J connectivity index is 1.30. The lowest BCUT2D eigenvalue weighted by molar-refractivity contribution is 1.44. The SMILES string of the molecule is C=C(/C=C\c1ccccc1C)c1ccc(-c2c3ccccc3c(-c3cccc4c3sc3ccccc34)c3ccccc23)cc1. The third-order valence-corrected chi connectivity index (χ3v) is 10.0. The molecule has 8 rings (SSSR count). The highest BCUT2D eigenvalue weighted by Crippen LogP contribution is 2.47. The summed E-state index contributed by atoms with van der Waals surface area (Å²) in [4.78, 5) is 0. The summed E-state index contributed by atoms with van der Waals surface area (Å²) < 4.78 is 2.67. The zero-order valence-electron chi connectivity index (χ0n) is 24.5. The minimum Gasteiger partial charge on any atom is -0.135 e. The van der Waals surface area contributed by atoms with Gasteiger partial charge in [0.1, 0.15) is 0 Å². The molecule has 0 bridgehead atoms. The molecular formula is C43H30S. The Morgan fingerprint density at radius 3 is 1.80 bits per heavy atom. The number of aryl methyl sites for hydroxylation is 1. The maximum atomic E-state index is 4.37. The molecule has 0 aliphatic heterocycles. The number of hydrogen-bond donors (Lipinski definition) is 0. The zero-order valence-corrected chi connectivity index (χ0v) is 25.4. The predicted molar refractivity (Wildman–Crippen MR) is 194 cm³/mol. The zero-order chi connectivity index (χ0) is 29.6. The van der Waals surface area contributed by atoms with Crippen molar-refractivity contribution < 1.29 is 0 Å². The van der Waals surface area contributed by atoms with Crippen molar-refractivity contribution >= 4 is 64.7 Å². The van der Waals surface area contributed by atoms with E-state index in [9.17, 15) is 0 Å². The second-order valence-electron chi connectivity index (χ2n) is 11.4. The van der Waals surface area contributed by atoms with Crippen molar-refractivity contribution in [2.45, 2.75) is 6.92 Å². The first kappa shape index (κ1) is 26.4. The van der Waals surface area contributed by atoms with Crippen LogP contribution in [-0.2, 0) is 0 Å². The van der Waals surface area contributed by atoms with Crippen LogP contribution in [0.4, 0.5) is 0 Å². The molecule has 0 aliphatic rings. The maximum Gasteiger partial charge on any atom is 0.0434 e. The summed E-state index contributed by atoms with van der Waals surface area (Å²) in [6.07, 6.45) is 4.27. The third kappa shape index (κ3) is 4.37. The molecule has 7 aromatic carbocycles. The van der Waals surface area contributed by atoms with Gasteiger partial charge in [-0.25, -0.2) is 0 Å². The van der Waals surface area contributed by atoms with Crippen LogP contribution in [0.5, 0.6) is 0 Å². The Morgan fingerprint density at radius 2 is 1.11 bits per heavy atom. The summed E-state index contributed by atoms with van der Waals surface area (Å²) in [7, 11) is 0. The number of thiophene rings is 1. The van der Waals surface area contributed by atoms with E-state index < -0.39 is 0 Å². The molecule has 0 atom stereocenters. The second-order valence-corrected chi connectivity index (χ2v) is 12.5. The van der Waals surface area contributed by atoms with Gasteiger partial charge < -0.3 is 0 Å². The van der Waals surface area contributed by atoms with Crippen LogP contribution in [0.1, 0.15) is 16.7 Å². The molecule has 8 aromatic rings. The smallest absolute Gasteiger partial charge is 0.0434 e. The lowest BCUT2D eigenvalue weighted by atomic mass is 9.85. The molecule has 0 aliphatic carbocycles. The van der Waals surface area contributed by atoms with Gasteiger partial charge in [-0.15, -0.1) is 11.3 Å². The minimum atomic E-state index is 1.00. The van der Waals surface area contributed by atoms with Crippen molar-refractivity contribution in [3.63, 3.8) is 0 Å². The van der Waals surface area contributed by atoms with E-state index in [0.717, 1.165) is 11.1 Å². The highest BCUT2D eigenvalue weighted by atomic mass is 32.1. The van der Waals surface area contributed by atoms with Crippen LogP contribution in [0.2, 0.25) is 0 Å². The fraction of sp³-hybridized carbons (Fsp3) is 0.0233. The molecule has 0 spiro atoms. The number of fused-ring (bicyclic) bond motifs is 5. The van der Waals surface area contributed by atoms with Crippen LogP contribution in [0.3, 0.4) is 0 Å². The average Bonchev–Trinajstić information content (AvgIpc) is 3.46. The Morgan fingerprint density at radius 1 is 0.545 bits per heavy atom. The molecule has 0 saturated heterocycles. The van der Waals surface area contributed by atoms with Crippen molar-refractivity contribution in [1.29, 1.82) is 0 Å². The molecule has 0 fully saturated rings. The van der Waals surface area contributed by atoms with E-state index in [1.54, 1.807) is 0 Å². The molecule has 0 amide bonds. The summed E-state index contributed by atoms with van der Waals surface area (Å²) in [6, 6.07) is 50.7. The number of allylic oxidation sites excluding steroid dienone is 2. The van der Waals surface area contributed by atoms with Gasteiger partial charge in [-0.2, -0.15) is 0 Å². The predicted octanol–water partition coefficient (Wildman–Crippen LogP) is 12.7. The summed E-state index contributed by atoms with van der Waals surface area (Å²) in [5.74, 6) is 0. The topological polar surface area (TPSA) is 0 Å². The number of hydrogen-bond acceptors (Lipinski definition) is 1. The first-order valence-electron chi connectivity index (χ1n) is 15.0. The highest BCUT2D eigenvalue weighted by molar-refractivity contribution is 7.26. The molecule has 0 unspecified atom stereocenters. The van der Waals surface area contributed by atoms with Gasteiger partial charge >= 0.3 is 0 Å². The maximum absolute atomic E-state index is 4.37. The normalized spacial score (nSPS) is 11.8. The number of benzene rings is 7. The monoisotopic (exact) mass is 578 g/mol. The molecule has 0 N–H and O–H groups in total. The van der Waals surface area contributed by atoms with Gasteiger partial charge in [0, 0.05) is 25.7 Å². The van der Waals surface area contributed by atoms with Crippen molar-refractivity contribution in [2.24, 2.45) is 0 Å². The van der Waals surface area contributed by atoms with Crippen molar-refractivity contribution in [2.75, 3.05) is 0 Å². The van der Waals surface area contributed by atoms with Gasteiger partial charge in [0.25, 0.3) is 0 Å². The van der Waals surface area contributed by atoms with Gasteiger partial charge in [-0.3, -0.25) is 0 Å². The van der Waals surface area contributed by atoms with E-state index >= 15 is 0 Å². The van der Waals surface area contributed by atoms with Gasteiger partial charge in [-0.05, 0) is 73.5 Å². The molecule has 0 nitrogen and oxygen atoms in total. The molecule has 1 heteroatoms. The lowest BCUT2D eigenvalue weighted by Gasteiger charge is -2.18. The highest BCUT2D eigenvalue weighted by Gasteiger charge is 2.19. The standard InChI is InChI=1S/C43H30S/c1-28-12-3-4-13-30(28)23-22-29(2)31-24-26-32(27-25-31)41-34-15-5-7-17-36(34)42(37-18-8-6-16-35(37)41)39-20-11-19-38-33-14-9-10-21-40(33)44-43(38)39/h3-27H,2H2,1H3/b23-22-. The number of rotatable bonds is 5. The van der Waals surface area contributed by atoms with Gasteiger partial charge in [0.15, 0.2) is 0 Å². The molecule has 0 radical (unpaired) electrons. The molecule has 44 heavy (non-hydrogen) atoms. The molecular weight excluding hydrogens is 549 g/mol. The van der Waals surface area contributed by atoms with Crippen LogP contribution >= 0.6 is 11.3 Å². The van der Waals surface area contributed by atoms with E-state index in [-0.39, 0.29) is 0 Å². The van der Waals surface area contributed by atoms with Crippen LogP contribution in [0.25, 0.3) is 75.6 Å². The van der Waals surface area contributed by atoms with Gasteiger partial charge in [0.05, 0.1) is 0 Å². The fourth-order valence-electron chi connectivity index (χ4n) is 6.58. The third-order valence-electron chi connectivity index (χ3n) is 8.80. The summed E-state index contributed by atoms with van der Waals surface area (Å²) in [5, 5.41) is 7.75. The van der Waals surface area contributed by atoms with Crippen LogP contribution in [-0.4, -0.2) is 0 Å². The Bertz CT molecular complexity index is 2340. The van der Waals surface area contributed by atoms with Crippen molar-refractivity contribution in [3.05, 3.63) is 169 Å². The van der Waals surface area contributed by atoms with E-state index in [1.807, 2.05) is 11.3 Å². The van der Waals surface area contributed by atoms with Crippen molar-refractivity contribution in [3.8, 4) is 22.3 Å². The largest absolute Gasteiger partial charge is 0.135 e. The Labute approximate surface area is 261 Å². The summed E-state index contributed by atoms with van der Waals surface area (Å²) >= 11 is 1.89.